The zero-order valence-corrected chi connectivity index (χ0v) is 16.6. The third kappa shape index (κ3) is 9.41. The summed E-state index contributed by atoms with van der Waals surface area (Å²) >= 11 is 0. The summed E-state index contributed by atoms with van der Waals surface area (Å²) < 4.78 is 5.62. The summed E-state index contributed by atoms with van der Waals surface area (Å²) in [5, 5.41) is 19.5. The molecule has 0 amide bonds. The van der Waals surface area contributed by atoms with Crippen molar-refractivity contribution in [1.82, 2.24) is 0 Å². The lowest BCUT2D eigenvalue weighted by Crippen LogP contribution is -2.23. The third-order valence-electron chi connectivity index (χ3n) is 5.17. The van der Waals surface area contributed by atoms with E-state index in [0.29, 0.717) is 12.5 Å². The van der Waals surface area contributed by atoms with E-state index in [1.165, 1.54) is 19.3 Å². The SMILES string of the molecule is CCCCCC1OC1/C=C/C(C)(O)CCCCCCC(C)(C)C(=O)O. The van der Waals surface area contributed by atoms with Crippen LogP contribution in [0.5, 0.6) is 0 Å². The van der Waals surface area contributed by atoms with Crippen molar-refractivity contribution in [2.24, 2.45) is 5.41 Å². The van der Waals surface area contributed by atoms with Gasteiger partial charge in [-0.3, -0.25) is 4.79 Å². The molecule has 25 heavy (non-hydrogen) atoms. The van der Waals surface area contributed by atoms with E-state index < -0.39 is 17.0 Å². The van der Waals surface area contributed by atoms with Gasteiger partial charge in [-0.15, -0.1) is 0 Å². The van der Waals surface area contributed by atoms with Crippen LogP contribution in [0.15, 0.2) is 12.2 Å². The van der Waals surface area contributed by atoms with Crippen LogP contribution in [0.2, 0.25) is 0 Å². The first-order valence-electron chi connectivity index (χ1n) is 9.98. The van der Waals surface area contributed by atoms with E-state index in [2.05, 4.69) is 6.92 Å². The Morgan fingerprint density at radius 1 is 1.04 bits per heavy atom. The minimum atomic E-state index is -0.778. The number of carboxylic acid groups (broad SMARTS) is 1. The summed E-state index contributed by atoms with van der Waals surface area (Å²) in [6, 6.07) is 0. The summed E-state index contributed by atoms with van der Waals surface area (Å²) in [5.41, 5.74) is -1.41. The largest absolute Gasteiger partial charge is 0.481 e. The van der Waals surface area contributed by atoms with Crippen molar-refractivity contribution in [3.63, 3.8) is 0 Å². The van der Waals surface area contributed by atoms with Crippen molar-refractivity contribution in [3.8, 4) is 0 Å². The van der Waals surface area contributed by atoms with Gasteiger partial charge >= 0.3 is 5.97 Å². The molecule has 2 N–H and O–H groups in total. The first-order chi connectivity index (χ1) is 11.7. The van der Waals surface area contributed by atoms with Crippen LogP contribution in [0.3, 0.4) is 0 Å². The van der Waals surface area contributed by atoms with Crippen molar-refractivity contribution >= 4 is 5.97 Å². The van der Waals surface area contributed by atoms with Gasteiger partial charge in [0.1, 0.15) is 6.10 Å². The molecule has 1 saturated heterocycles. The lowest BCUT2D eigenvalue weighted by Gasteiger charge is -2.20. The van der Waals surface area contributed by atoms with Crippen LogP contribution in [0.25, 0.3) is 0 Å². The van der Waals surface area contributed by atoms with Gasteiger partial charge in [0, 0.05) is 0 Å². The van der Waals surface area contributed by atoms with E-state index >= 15 is 0 Å². The van der Waals surface area contributed by atoms with Gasteiger partial charge in [0.2, 0.25) is 0 Å². The molecule has 4 nitrogen and oxygen atoms in total. The molecule has 3 atom stereocenters. The molecule has 0 aliphatic carbocycles. The van der Waals surface area contributed by atoms with Crippen molar-refractivity contribution in [1.29, 1.82) is 0 Å². The lowest BCUT2D eigenvalue weighted by molar-refractivity contribution is -0.147. The van der Waals surface area contributed by atoms with Crippen LogP contribution < -0.4 is 0 Å². The van der Waals surface area contributed by atoms with Gasteiger partial charge in [-0.25, -0.2) is 0 Å². The van der Waals surface area contributed by atoms with Gasteiger partial charge in [0.15, 0.2) is 0 Å². The highest BCUT2D eigenvalue weighted by atomic mass is 16.6. The van der Waals surface area contributed by atoms with Crippen LogP contribution in [0.1, 0.15) is 91.9 Å². The van der Waals surface area contributed by atoms with E-state index in [4.69, 9.17) is 9.84 Å². The fraction of sp³-hybridized carbons (Fsp3) is 0.857. The molecule has 1 fully saturated rings. The summed E-state index contributed by atoms with van der Waals surface area (Å²) in [6.45, 7) is 7.61. The number of rotatable bonds is 14. The Bertz CT molecular complexity index is 426. The second-order valence-corrected chi connectivity index (χ2v) is 8.45. The zero-order chi connectivity index (χ0) is 18.9. The van der Waals surface area contributed by atoms with E-state index in [1.807, 2.05) is 19.1 Å². The zero-order valence-electron chi connectivity index (χ0n) is 16.6. The molecular weight excluding hydrogens is 316 g/mol. The number of unbranched alkanes of at least 4 members (excludes halogenated alkanes) is 5. The molecule has 0 saturated carbocycles. The number of ether oxygens (including phenoxy) is 1. The topological polar surface area (TPSA) is 70.1 Å². The quantitative estimate of drug-likeness (QED) is 0.259. The lowest BCUT2D eigenvalue weighted by atomic mass is 9.87. The summed E-state index contributed by atoms with van der Waals surface area (Å²) in [6.07, 6.45) is 14.7. The van der Waals surface area contributed by atoms with Crippen molar-refractivity contribution in [3.05, 3.63) is 12.2 Å². The van der Waals surface area contributed by atoms with E-state index in [0.717, 1.165) is 38.5 Å². The van der Waals surface area contributed by atoms with Gasteiger partial charge in [0.25, 0.3) is 0 Å². The highest BCUT2D eigenvalue weighted by Gasteiger charge is 2.36. The number of hydrogen-bond acceptors (Lipinski definition) is 3. The summed E-state index contributed by atoms with van der Waals surface area (Å²) in [7, 11) is 0. The molecule has 3 unspecified atom stereocenters. The average Bonchev–Trinajstić information content (AvgIpc) is 3.27. The second-order valence-electron chi connectivity index (χ2n) is 8.45. The normalized spacial score (nSPS) is 22.9. The van der Waals surface area contributed by atoms with Gasteiger partial charge < -0.3 is 14.9 Å². The molecule has 1 aliphatic rings. The molecule has 4 heteroatoms. The number of carboxylic acids is 1. The predicted octanol–water partition coefficient (Wildman–Crippen LogP) is 5.09. The number of aliphatic hydroxyl groups is 1. The maximum Gasteiger partial charge on any atom is 0.309 e. The molecule has 0 aromatic rings. The second kappa shape index (κ2) is 10.3. The van der Waals surface area contributed by atoms with Crippen LogP contribution in [0, 0.1) is 5.41 Å². The highest BCUT2D eigenvalue weighted by Crippen LogP contribution is 2.30. The molecular formula is C21H38O4. The first-order valence-corrected chi connectivity index (χ1v) is 9.98. The molecule has 0 bridgehead atoms. The minimum absolute atomic E-state index is 0.196. The van der Waals surface area contributed by atoms with Gasteiger partial charge in [-0.1, -0.05) is 64.0 Å². The maximum absolute atomic E-state index is 11.1. The fourth-order valence-corrected chi connectivity index (χ4v) is 3.05. The molecule has 0 aromatic carbocycles. The number of aliphatic carboxylic acids is 1. The number of carbonyl (C=O) groups is 1. The van der Waals surface area contributed by atoms with Crippen LogP contribution in [-0.4, -0.2) is 34.0 Å². The fourth-order valence-electron chi connectivity index (χ4n) is 3.05. The van der Waals surface area contributed by atoms with E-state index in [-0.39, 0.29) is 6.10 Å². The predicted molar refractivity (Wildman–Crippen MR) is 102 cm³/mol. The Labute approximate surface area is 153 Å². The van der Waals surface area contributed by atoms with Crippen molar-refractivity contribution in [2.45, 2.75) is 110 Å². The minimum Gasteiger partial charge on any atom is -0.481 e. The van der Waals surface area contributed by atoms with Crippen LogP contribution >= 0.6 is 0 Å². The first kappa shape index (κ1) is 22.2. The Hall–Kier alpha value is -0.870. The maximum atomic E-state index is 11.1. The molecule has 1 rings (SSSR count). The van der Waals surface area contributed by atoms with Gasteiger partial charge in [-0.2, -0.15) is 0 Å². The van der Waals surface area contributed by atoms with Crippen molar-refractivity contribution in [2.75, 3.05) is 0 Å². The standard InChI is InChI=1S/C21H38O4/c1-5-6-9-12-17-18(25-17)13-16-21(4,24)15-11-8-7-10-14-20(2,3)19(22)23/h13,16-18,24H,5-12,14-15H2,1-4H3,(H,22,23)/b16-13+. The molecule has 0 radical (unpaired) electrons. The Kier molecular flexibility index (Phi) is 9.15. The summed E-state index contributed by atoms with van der Waals surface area (Å²) in [5.74, 6) is -0.726. The van der Waals surface area contributed by atoms with Crippen LogP contribution in [0.4, 0.5) is 0 Å². The highest BCUT2D eigenvalue weighted by molar-refractivity contribution is 5.73. The van der Waals surface area contributed by atoms with Gasteiger partial charge in [0.05, 0.1) is 17.1 Å². The Morgan fingerprint density at radius 2 is 1.68 bits per heavy atom. The van der Waals surface area contributed by atoms with Crippen molar-refractivity contribution < 1.29 is 19.7 Å². The summed E-state index contributed by atoms with van der Waals surface area (Å²) in [4.78, 5) is 11.1. The monoisotopic (exact) mass is 354 g/mol. The third-order valence-corrected chi connectivity index (χ3v) is 5.17. The van der Waals surface area contributed by atoms with Gasteiger partial charge in [-0.05, 0) is 40.0 Å². The molecule has 1 aliphatic heterocycles. The molecule has 1 heterocycles. The average molecular weight is 355 g/mol. The molecule has 146 valence electrons. The van der Waals surface area contributed by atoms with Crippen LogP contribution in [-0.2, 0) is 9.53 Å². The smallest absolute Gasteiger partial charge is 0.309 e. The van der Waals surface area contributed by atoms with E-state index in [9.17, 15) is 9.90 Å². The Morgan fingerprint density at radius 3 is 2.28 bits per heavy atom. The molecule has 0 aromatic heterocycles. The van der Waals surface area contributed by atoms with E-state index in [1.54, 1.807) is 13.8 Å². The number of epoxide rings is 1. The molecule has 0 spiro atoms. The number of hydrogen-bond donors (Lipinski definition) is 2. The Balaban J connectivity index is 2.11.